The Morgan fingerprint density at radius 3 is 2.82 bits per heavy atom. The van der Waals surface area contributed by atoms with Gasteiger partial charge in [-0.3, -0.25) is 4.79 Å². The topological polar surface area (TPSA) is 44.9 Å². The average Bonchev–Trinajstić information content (AvgIpc) is 2.77. The number of hydrogen-bond donors (Lipinski definition) is 2. The van der Waals surface area contributed by atoms with Crippen LogP contribution in [0.5, 0.6) is 0 Å². The van der Waals surface area contributed by atoms with Crippen LogP contribution in [0.2, 0.25) is 5.02 Å². The van der Waals surface area contributed by atoms with Gasteiger partial charge in [0.05, 0.1) is 5.54 Å². The monoisotopic (exact) mass is 314 g/mol. The lowest BCUT2D eigenvalue weighted by molar-refractivity contribution is -0.114. The van der Waals surface area contributed by atoms with E-state index in [9.17, 15) is 4.79 Å². The van der Waals surface area contributed by atoms with Gasteiger partial charge in [-0.1, -0.05) is 18.5 Å². The van der Waals surface area contributed by atoms with Crippen molar-refractivity contribution in [2.75, 3.05) is 0 Å². The van der Waals surface area contributed by atoms with Gasteiger partial charge in [0, 0.05) is 44.9 Å². The molecule has 0 spiro atoms. The molecule has 22 heavy (non-hydrogen) atoms. The average molecular weight is 315 g/mol. The number of aromatic amines is 1. The Bertz CT molecular complexity index is 844. The van der Waals surface area contributed by atoms with Crippen molar-refractivity contribution >= 4 is 33.9 Å². The van der Waals surface area contributed by atoms with Crippen LogP contribution in [-0.4, -0.2) is 10.8 Å². The molecule has 0 amide bonds. The summed E-state index contributed by atoms with van der Waals surface area (Å²) in [4.78, 5) is 16.2. The number of halogens is 1. The summed E-state index contributed by atoms with van der Waals surface area (Å²) in [6.07, 6.45) is 1.55. The van der Waals surface area contributed by atoms with Crippen LogP contribution in [-0.2, 0) is 10.3 Å². The number of carbonyl (C=O) groups is 1. The van der Waals surface area contributed by atoms with Gasteiger partial charge in [-0.2, -0.15) is 0 Å². The summed E-state index contributed by atoms with van der Waals surface area (Å²) in [7, 11) is 0. The summed E-state index contributed by atoms with van der Waals surface area (Å²) in [6, 6.07) is 5.83. The number of ketones is 1. The minimum absolute atomic E-state index is 0.225. The lowest BCUT2D eigenvalue weighted by Gasteiger charge is -2.38. The normalized spacial score (nSPS) is 23.3. The van der Waals surface area contributed by atoms with Crippen LogP contribution in [0.1, 0.15) is 44.9 Å². The fourth-order valence-electron chi connectivity index (χ4n) is 3.85. The highest BCUT2D eigenvalue weighted by molar-refractivity contribution is 6.32. The van der Waals surface area contributed by atoms with E-state index >= 15 is 0 Å². The molecule has 114 valence electrons. The Balaban J connectivity index is 2.09. The minimum Gasteiger partial charge on any atom is -0.377 e. The SMILES string of the molecule is CC1CC(=O)C2=C(C1)NC(C)(C)c1[nH]c3ccc(Cl)cc3c12. The predicted octanol–water partition coefficient (Wildman–Crippen LogP) is 4.37. The molecular weight excluding hydrogens is 296 g/mol. The van der Waals surface area contributed by atoms with E-state index in [1.165, 1.54) is 0 Å². The molecule has 3 nitrogen and oxygen atoms in total. The number of fused-ring (bicyclic) bond motifs is 4. The zero-order chi connectivity index (χ0) is 15.6. The summed E-state index contributed by atoms with van der Waals surface area (Å²) >= 11 is 6.19. The van der Waals surface area contributed by atoms with Crippen molar-refractivity contribution in [1.29, 1.82) is 0 Å². The van der Waals surface area contributed by atoms with Gasteiger partial charge in [0.2, 0.25) is 0 Å². The summed E-state index contributed by atoms with van der Waals surface area (Å²) < 4.78 is 0. The van der Waals surface area contributed by atoms with Crippen molar-refractivity contribution in [3.63, 3.8) is 0 Å². The maximum absolute atomic E-state index is 12.7. The number of allylic oxidation sites excluding steroid dienone is 2. The van der Waals surface area contributed by atoms with E-state index in [1.54, 1.807) is 0 Å². The predicted molar refractivity (Wildman–Crippen MR) is 89.8 cm³/mol. The molecule has 2 heterocycles. The second kappa shape index (κ2) is 4.39. The summed E-state index contributed by atoms with van der Waals surface area (Å²) in [5.74, 6) is 0.628. The van der Waals surface area contributed by atoms with E-state index in [0.717, 1.165) is 39.9 Å². The van der Waals surface area contributed by atoms with Crippen molar-refractivity contribution < 1.29 is 4.79 Å². The Morgan fingerprint density at radius 2 is 2.05 bits per heavy atom. The molecular formula is C18H19ClN2O. The van der Waals surface area contributed by atoms with Crippen LogP contribution in [0.25, 0.3) is 16.5 Å². The van der Waals surface area contributed by atoms with E-state index in [0.29, 0.717) is 17.4 Å². The molecule has 2 aliphatic rings. The minimum atomic E-state index is -0.225. The van der Waals surface area contributed by atoms with Gasteiger partial charge in [-0.05, 0) is 44.4 Å². The van der Waals surface area contributed by atoms with Crippen molar-refractivity contribution in [1.82, 2.24) is 10.3 Å². The molecule has 0 saturated carbocycles. The lowest BCUT2D eigenvalue weighted by atomic mass is 9.77. The Morgan fingerprint density at radius 1 is 1.27 bits per heavy atom. The third-order valence-electron chi connectivity index (χ3n) is 4.77. The van der Waals surface area contributed by atoms with Crippen molar-refractivity contribution in [2.24, 2.45) is 5.92 Å². The first kappa shape index (κ1) is 13.9. The highest BCUT2D eigenvalue weighted by Crippen LogP contribution is 2.45. The Labute approximate surface area is 134 Å². The van der Waals surface area contributed by atoms with E-state index in [4.69, 9.17) is 11.6 Å². The molecule has 4 rings (SSSR count). The van der Waals surface area contributed by atoms with Gasteiger partial charge in [0.1, 0.15) is 0 Å². The van der Waals surface area contributed by atoms with Gasteiger partial charge < -0.3 is 10.3 Å². The first-order valence-electron chi connectivity index (χ1n) is 7.73. The maximum Gasteiger partial charge on any atom is 0.165 e. The van der Waals surface area contributed by atoms with Gasteiger partial charge in [0.15, 0.2) is 5.78 Å². The maximum atomic E-state index is 12.7. The van der Waals surface area contributed by atoms with Crippen LogP contribution in [0, 0.1) is 5.92 Å². The first-order valence-corrected chi connectivity index (χ1v) is 8.11. The Hall–Kier alpha value is -1.74. The highest BCUT2D eigenvalue weighted by atomic mass is 35.5. The lowest BCUT2D eigenvalue weighted by Crippen LogP contribution is -2.43. The number of carbonyl (C=O) groups excluding carboxylic acids is 1. The number of aromatic nitrogens is 1. The molecule has 1 aromatic carbocycles. The number of H-pyrrole nitrogens is 1. The number of benzene rings is 1. The number of nitrogens with one attached hydrogen (secondary N) is 2. The second-order valence-electron chi connectivity index (χ2n) is 7.11. The fraction of sp³-hybridized carbons (Fsp3) is 0.389. The largest absolute Gasteiger partial charge is 0.377 e. The molecule has 1 aromatic heterocycles. The summed E-state index contributed by atoms with van der Waals surface area (Å²) in [5.41, 5.74) is 4.88. The van der Waals surface area contributed by atoms with Gasteiger partial charge in [0.25, 0.3) is 0 Å². The smallest absolute Gasteiger partial charge is 0.165 e. The molecule has 1 unspecified atom stereocenters. The zero-order valence-electron chi connectivity index (χ0n) is 13.0. The van der Waals surface area contributed by atoms with Crippen LogP contribution in [0.15, 0.2) is 23.9 Å². The third kappa shape index (κ3) is 1.85. The Kier molecular flexibility index (Phi) is 2.77. The van der Waals surface area contributed by atoms with Gasteiger partial charge in [-0.25, -0.2) is 0 Å². The van der Waals surface area contributed by atoms with Crippen LogP contribution < -0.4 is 5.32 Å². The third-order valence-corrected chi connectivity index (χ3v) is 5.00. The summed E-state index contributed by atoms with van der Waals surface area (Å²) in [5, 5.41) is 5.33. The quantitative estimate of drug-likeness (QED) is 0.758. The fourth-order valence-corrected chi connectivity index (χ4v) is 4.02. The van der Waals surface area contributed by atoms with E-state index in [-0.39, 0.29) is 11.3 Å². The van der Waals surface area contributed by atoms with E-state index in [2.05, 4.69) is 31.1 Å². The second-order valence-corrected chi connectivity index (χ2v) is 7.54. The molecule has 4 heteroatoms. The van der Waals surface area contributed by atoms with E-state index in [1.807, 2.05) is 18.2 Å². The molecule has 2 aromatic rings. The van der Waals surface area contributed by atoms with Crippen LogP contribution >= 0.6 is 11.6 Å². The van der Waals surface area contributed by atoms with Gasteiger partial charge in [-0.15, -0.1) is 0 Å². The molecule has 1 aliphatic heterocycles. The molecule has 2 N–H and O–H groups in total. The molecule has 1 atom stereocenters. The standard InChI is InChI=1S/C18H19ClN2O/c1-9-6-13-16(14(22)7-9)15-11-8-10(19)4-5-12(11)20-17(15)18(2,3)21-13/h4-5,8-9,20-21H,6-7H2,1-3H3. The number of rotatable bonds is 0. The van der Waals surface area contributed by atoms with Crippen LogP contribution in [0.3, 0.4) is 0 Å². The summed E-state index contributed by atoms with van der Waals surface area (Å²) in [6.45, 7) is 6.44. The molecule has 0 radical (unpaired) electrons. The molecule has 0 saturated heterocycles. The highest BCUT2D eigenvalue weighted by Gasteiger charge is 2.39. The zero-order valence-corrected chi connectivity index (χ0v) is 13.8. The van der Waals surface area contributed by atoms with E-state index < -0.39 is 0 Å². The number of Topliss-reactive ketones (excluding diaryl/α,β-unsaturated/α-hetero) is 1. The molecule has 1 aliphatic carbocycles. The van der Waals surface area contributed by atoms with Crippen molar-refractivity contribution in [3.8, 4) is 0 Å². The molecule has 0 fully saturated rings. The van der Waals surface area contributed by atoms with Crippen molar-refractivity contribution in [2.45, 2.75) is 39.2 Å². The first-order chi connectivity index (χ1) is 10.4. The molecule has 0 bridgehead atoms. The number of hydrogen-bond acceptors (Lipinski definition) is 2. The van der Waals surface area contributed by atoms with Gasteiger partial charge >= 0.3 is 0 Å². The van der Waals surface area contributed by atoms with Crippen molar-refractivity contribution in [3.05, 3.63) is 40.2 Å². The van der Waals surface area contributed by atoms with Crippen LogP contribution in [0.4, 0.5) is 0 Å².